The van der Waals surface area contributed by atoms with E-state index in [9.17, 15) is 13.6 Å². The largest absolute Gasteiger partial charge is 0.441 e. The van der Waals surface area contributed by atoms with Gasteiger partial charge in [-0.15, -0.1) is 0 Å². The Hall–Kier alpha value is -3.02. The molecule has 1 aliphatic heterocycles. The van der Waals surface area contributed by atoms with Crippen molar-refractivity contribution in [3.63, 3.8) is 0 Å². The molecule has 2 aromatic carbocycles. The number of halogens is 2. The van der Waals surface area contributed by atoms with Crippen LogP contribution in [0.3, 0.4) is 0 Å². The van der Waals surface area contributed by atoms with E-state index in [1.165, 1.54) is 35.5 Å². The zero-order valence-corrected chi connectivity index (χ0v) is 17.1. The van der Waals surface area contributed by atoms with Gasteiger partial charge in [-0.3, -0.25) is 4.79 Å². The minimum absolute atomic E-state index is 0.0298. The Balaban J connectivity index is 1.43. The Morgan fingerprint density at radius 2 is 1.93 bits per heavy atom. The molecular formula is C24H24F2N2O2. The van der Waals surface area contributed by atoms with Gasteiger partial charge in [0.15, 0.2) is 11.7 Å². The third-order valence-corrected chi connectivity index (χ3v) is 5.80. The average Bonchev–Trinajstić information content (AvgIpc) is 3.38. The molecule has 30 heavy (non-hydrogen) atoms. The van der Waals surface area contributed by atoms with E-state index in [2.05, 4.69) is 37.0 Å². The van der Waals surface area contributed by atoms with Crippen LogP contribution in [0.25, 0.3) is 11.3 Å². The first-order valence-electron chi connectivity index (χ1n) is 10.2. The maximum absolute atomic E-state index is 13.9. The van der Waals surface area contributed by atoms with E-state index < -0.39 is 11.6 Å². The summed E-state index contributed by atoms with van der Waals surface area (Å²) in [7, 11) is 0. The second-order valence-corrected chi connectivity index (χ2v) is 7.80. The lowest BCUT2D eigenvalue weighted by Crippen LogP contribution is -2.30. The lowest BCUT2D eigenvalue weighted by atomic mass is 9.99. The standard InChI is InChI=1S/C24H24F2N2O2/c1-15-8-9-17(13-16(15)2)20-7-4-12-28(20)23(29)11-10-22-27-14-21(30-22)24-18(25)5-3-6-19(24)26/h3,5-6,8-9,13-14,20H,4,7,10-12H2,1-2H3/t20-/m1/s1. The maximum atomic E-state index is 13.9. The predicted octanol–water partition coefficient (Wildman–Crippen LogP) is 5.53. The van der Waals surface area contributed by atoms with Crippen molar-refractivity contribution in [2.45, 2.75) is 45.6 Å². The molecule has 156 valence electrons. The summed E-state index contributed by atoms with van der Waals surface area (Å²) in [6, 6.07) is 10.1. The van der Waals surface area contributed by atoms with Crippen molar-refractivity contribution in [2.75, 3.05) is 6.54 Å². The molecule has 6 heteroatoms. The lowest BCUT2D eigenvalue weighted by Gasteiger charge is -2.25. The van der Waals surface area contributed by atoms with Crippen molar-refractivity contribution in [2.24, 2.45) is 0 Å². The molecule has 4 rings (SSSR count). The summed E-state index contributed by atoms with van der Waals surface area (Å²) in [5.74, 6) is -1.05. The number of hydrogen-bond acceptors (Lipinski definition) is 3. The van der Waals surface area contributed by atoms with Gasteiger partial charge >= 0.3 is 0 Å². The number of nitrogens with zero attached hydrogens (tertiary/aromatic N) is 2. The SMILES string of the molecule is Cc1ccc([C@H]2CCCN2C(=O)CCc2ncc(-c3c(F)cccc3F)o2)cc1C. The van der Waals surface area contributed by atoms with Crippen LogP contribution < -0.4 is 0 Å². The molecule has 0 spiro atoms. The topological polar surface area (TPSA) is 46.3 Å². The zero-order chi connectivity index (χ0) is 21.3. The first-order chi connectivity index (χ1) is 14.4. The summed E-state index contributed by atoms with van der Waals surface area (Å²) in [4.78, 5) is 18.9. The Bertz CT molecular complexity index is 1060. The number of aryl methyl sites for hydroxylation is 3. The zero-order valence-electron chi connectivity index (χ0n) is 17.1. The number of hydrogen-bond donors (Lipinski definition) is 0. The van der Waals surface area contributed by atoms with Crippen LogP contribution in [0.2, 0.25) is 0 Å². The van der Waals surface area contributed by atoms with E-state index >= 15 is 0 Å². The van der Waals surface area contributed by atoms with Gasteiger partial charge in [0.25, 0.3) is 0 Å². The van der Waals surface area contributed by atoms with Crippen LogP contribution in [-0.2, 0) is 11.2 Å². The predicted molar refractivity (Wildman–Crippen MR) is 110 cm³/mol. The van der Waals surface area contributed by atoms with Gasteiger partial charge in [-0.2, -0.15) is 0 Å². The molecule has 1 aliphatic rings. The third-order valence-electron chi connectivity index (χ3n) is 5.80. The van der Waals surface area contributed by atoms with E-state index in [-0.39, 0.29) is 36.1 Å². The van der Waals surface area contributed by atoms with Gasteiger partial charge in [-0.25, -0.2) is 13.8 Å². The molecule has 0 radical (unpaired) electrons. The monoisotopic (exact) mass is 410 g/mol. The molecule has 1 saturated heterocycles. The summed E-state index contributed by atoms with van der Waals surface area (Å²) in [6.45, 7) is 4.89. The molecule has 1 amide bonds. The van der Waals surface area contributed by atoms with Gasteiger partial charge in [0, 0.05) is 19.4 Å². The van der Waals surface area contributed by atoms with Crippen molar-refractivity contribution in [1.82, 2.24) is 9.88 Å². The number of carbonyl (C=O) groups excluding carboxylic acids is 1. The molecule has 0 bridgehead atoms. The van der Waals surface area contributed by atoms with Crippen molar-refractivity contribution in [3.05, 3.63) is 76.8 Å². The molecule has 4 nitrogen and oxygen atoms in total. The molecule has 1 atom stereocenters. The Morgan fingerprint density at radius 1 is 1.17 bits per heavy atom. The van der Waals surface area contributed by atoms with E-state index in [0.29, 0.717) is 5.89 Å². The molecule has 2 heterocycles. The van der Waals surface area contributed by atoms with Crippen LogP contribution in [0.1, 0.15) is 47.9 Å². The molecule has 0 N–H and O–H groups in total. The Morgan fingerprint density at radius 3 is 2.67 bits per heavy atom. The minimum atomic E-state index is -0.706. The van der Waals surface area contributed by atoms with Crippen LogP contribution in [-0.4, -0.2) is 22.3 Å². The number of aromatic nitrogens is 1. The highest BCUT2D eigenvalue weighted by atomic mass is 19.1. The van der Waals surface area contributed by atoms with Crippen LogP contribution in [0.4, 0.5) is 8.78 Å². The summed E-state index contributed by atoms with van der Waals surface area (Å²) in [6.07, 6.45) is 3.74. The minimum Gasteiger partial charge on any atom is -0.441 e. The number of rotatable bonds is 5. The van der Waals surface area contributed by atoms with Crippen molar-refractivity contribution in [3.8, 4) is 11.3 Å². The number of oxazole rings is 1. The number of carbonyl (C=O) groups is 1. The summed E-state index contributed by atoms with van der Waals surface area (Å²) < 4.78 is 33.4. The van der Waals surface area contributed by atoms with E-state index in [0.717, 1.165) is 24.9 Å². The summed E-state index contributed by atoms with van der Waals surface area (Å²) in [5.41, 5.74) is 3.38. The van der Waals surface area contributed by atoms with Gasteiger partial charge in [0.2, 0.25) is 5.91 Å². The number of likely N-dealkylation sites (tertiary alicyclic amines) is 1. The van der Waals surface area contributed by atoms with Crippen molar-refractivity contribution >= 4 is 5.91 Å². The van der Waals surface area contributed by atoms with Crippen LogP contribution in [0.5, 0.6) is 0 Å². The first kappa shape index (κ1) is 20.3. The highest BCUT2D eigenvalue weighted by Gasteiger charge is 2.30. The molecule has 0 unspecified atom stereocenters. The van der Waals surface area contributed by atoms with Gasteiger partial charge in [0.1, 0.15) is 11.6 Å². The fourth-order valence-corrected chi connectivity index (χ4v) is 4.02. The second-order valence-electron chi connectivity index (χ2n) is 7.80. The van der Waals surface area contributed by atoms with Crippen LogP contribution >= 0.6 is 0 Å². The Labute approximate surface area is 174 Å². The molecule has 1 aromatic heterocycles. The summed E-state index contributed by atoms with van der Waals surface area (Å²) >= 11 is 0. The third kappa shape index (κ3) is 3.99. The number of benzene rings is 2. The van der Waals surface area contributed by atoms with Crippen molar-refractivity contribution < 1.29 is 18.0 Å². The fourth-order valence-electron chi connectivity index (χ4n) is 4.02. The lowest BCUT2D eigenvalue weighted by molar-refractivity contribution is -0.132. The molecule has 3 aromatic rings. The second kappa shape index (κ2) is 8.38. The quantitative estimate of drug-likeness (QED) is 0.555. The average molecular weight is 410 g/mol. The van der Waals surface area contributed by atoms with Gasteiger partial charge < -0.3 is 9.32 Å². The van der Waals surface area contributed by atoms with E-state index in [1.807, 2.05) is 4.90 Å². The highest BCUT2D eigenvalue weighted by molar-refractivity contribution is 5.77. The first-order valence-corrected chi connectivity index (χ1v) is 10.2. The highest BCUT2D eigenvalue weighted by Crippen LogP contribution is 2.33. The van der Waals surface area contributed by atoms with E-state index in [1.54, 1.807) is 0 Å². The number of amides is 1. The molecule has 1 fully saturated rings. The normalized spacial score (nSPS) is 16.3. The van der Waals surface area contributed by atoms with Gasteiger partial charge in [-0.1, -0.05) is 24.3 Å². The molecule has 0 aliphatic carbocycles. The molecular weight excluding hydrogens is 386 g/mol. The summed E-state index contributed by atoms with van der Waals surface area (Å²) in [5, 5.41) is 0. The van der Waals surface area contributed by atoms with Crippen LogP contribution in [0.15, 0.2) is 47.0 Å². The smallest absolute Gasteiger partial charge is 0.223 e. The van der Waals surface area contributed by atoms with Crippen LogP contribution in [0, 0.1) is 25.5 Å². The van der Waals surface area contributed by atoms with Crippen molar-refractivity contribution in [1.29, 1.82) is 0 Å². The molecule has 0 saturated carbocycles. The van der Waals surface area contributed by atoms with Gasteiger partial charge in [0.05, 0.1) is 17.8 Å². The van der Waals surface area contributed by atoms with Gasteiger partial charge in [-0.05, 0) is 55.5 Å². The maximum Gasteiger partial charge on any atom is 0.223 e. The van der Waals surface area contributed by atoms with E-state index in [4.69, 9.17) is 4.42 Å². The Kier molecular flexibility index (Phi) is 5.66. The fraction of sp³-hybridized carbons (Fsp3) is 0.333.